The van der Waals surface area contributed by atoms with E-state index in [2.05, 4.69) is 26.3 Å². The van der Waals surface area contributed by atoms with Gasteiger partial charge in [0.1, 0.15) is 23.1 Å². The Kier molecular flexibility index (Phi) is 6.57. The Hall–Kier alpha value is -3.24. The fourth-order valence-corrected chi connectivity index (χ4v) is 4.74. The van der Waals surface area contributed by atoms with Crippen molar-refractivity contribution in [3.8, 4) is 0 Å². The van der Waals surface area contributed by atoms with Crippen LogP contribution in [0.25, 0.3) is 16.6 Å². The van der Waals surface area contributed by atoms with Gasteiger partial charge in [0.25, 0.3) is 12.0 Å². The van der Waals surface area contributed by atoms with Crippen LogP contribution in [0.4, 0.5) is 19.0 Å². The molecule has 10 heteroatoms. The number of ether oxygens (including phenoxy) is 1. The van der Waals surface area contributed by atoms with Crippen molar-refractivity contribution in [3.05, 3.63) is 69.0 Å². The number of aryl methyl sites for hydroxylation is 1. The van der Waals surface area contributed by atoms with E-state index in [1.54, 1.807) is 24.5 Å². The van der Waals surface area contributed by atoms with Gasteiger partial charge in [-0.25, -0.2) is 23.1 Å². The van der Waals surface area contributed by atoms with E-state index in [0.29, 0.717) is 41.5 Å². The molecule has 1 saturated heterocycles. The molecule has 0 unspecified atom stereocenters. The largest absolute Gasteiger partial charge is 0.377 e. The van der Waals surface area contributed by atoms with E-state index in [9.17, 15) is 18.0 Å². The summed E-state index contributed by atoms with van der Waals surface area (Å²) in [6.07, 6.45) is -0.122. The molecule has 4 heterocycles. The predicted octanol–water partition coefficient (Wildman–Crippen LogP) is 4.64. The zero-order valence-corrected chi connectivity index (χ0v) is 20.4. The Morgan fingerprint density at radius 3 is 2.58 bits per heavy atom. The van der Waals surface area contributed by atoms with Crippen molar-refractivity contribution in [2.45, 2.75) is 38.8 Å². The minimum absolute atomic E-state index is 0.108. The van der Waals surface area contributed by atoms with Crippen LogP contribution in [0, 0.1) is 12.7 Å². The highest BCUT2D eigenvalue weighted by Crippen LogP contribution is 2.32. The lowest BCUT2D eigenvalue weighted by atomic mass is 9.99. The van der Waals surface area contributed by atoms with E-state index in [0.717, 1.165) is 31.1 Å². The van der Waals surface area contributed by atoms with Crippen molar-refractivity contribution < 1.29 is 17.9 Å². The lowest BCUT2D eigenvalue weighted by Gasteiger charge is -2.30. The molecule has 2 aliphatic heterocycles. The fourth-order valence-electron chi connectivity index (χ4n) is 4.74. The Bertz CT molecular complexity index is 1400. The second kappa shape index (κ2) is 9.67. The van der Waals surface area contributed by atoms with Gasteiger partial charge in [-0.15, -0.1) is 0 Å². The Labute approximate surface area is 206 Å². The summed E-state index contributed by atoms with van der Waals surface area (Å²) in [4.78, 5) is 25.0. The number of hydrogen-bond donors (Lipinski definition) is 1. The van der Waals surface area contributed by atoms with E-state index in [-0.39, 0.29) is 17.2 Å². The molecule has 1 fully saturated rings. The molecular weight excluding hydrogens is 471 g/mol. The number of fused-ring (bicyclic) bond motifs is 1. The highest BCUT2D eigenvalue weighted by atomic mass is 19.3. The van der Waals surface area contributed by atoms with Crippen LogP contribution < -0.4 is 10.9 Å². The number of hydrogen-bond acceptors (Lipinski definition) is 6. The smallest absolute Gasteiger partial charge is 0.266 e. The number of halogens is 3. The summed E-state index contributed by atoms with van der Waals surface area (Å²) in [6, 6.07) is 4.96. The van der Waals surface area contributed by atoms with Crippen LogP contribution in [-0.4, -0.2) is 52.8 Å². The summed E-state index contributed by atoms with van der Waals surface area (Å²) in [5, 5.41) is 3.81. The van der Waals surface area contributed by atoms with Crippen LogP contribution in [0.2, 0.25) is 0 Å². The van der Waals surface area contributed by atoms with E-state index in [1.807, 2.05) is 7.05 Å². The summed E-state index contributed by atoms with van der Waals surface area (Å²) in [5.41, 5.74) is 1.35. The topological polar surface area (TPSA) is 72.3 Å². The zero-order chi connectivity index (χ0) is 25.6. The number of aromatic nitrogens is 3. The maximum atomic E-state index is 14.9. The third kappa shape index (κ3) is 4.39. The zero-order valence-electron chi connectivity index (χ0n) is 20.4. The van der Waals surface area contributed by atoms with Gasteiger partial charge in [0, 0.05) is 24.2 Å². The highest BCUT2D eigenvalue weighted by molar-refractivity contribution is 5.90. The molecule has 0 spiro atoms. The molecule has 0 radical (unpaired) electrons. The van der Waals surface area contributed by atoms with Gasteiger partial charge in [-0.05, 0) is 39.0 Å². The number of nitrogens with zero attached hydrogens (tertiary/aromatic N) is 4. The van der Waals surface area contributed by atoms with Gasteiger partial charge < -0.3 is 15.0 Å². The lowest BCUT2D eigenvalue weighted by molar-refractivity contribution is -0.0231. The number of likely N-dealkylation sites (N-methyl/N-ethyl adjacent to an activating group) is 1. The van der Waals surface area contributed by atoms with Crippen LogP contribution in [-0.2, 0) is 4.74 Å². The molecule has 3 aromatic rings. The summed E-state index contributed by atoms with van der Waals surface area (Å²) in [5.74, 6) is -0.0995. The van der Waals surface area contributed by atoms with Gasteiger partial charge >= 0.3 is 0 Å². The Balaban J connectivity index is 1.65. The van der Waals surface area contributed by atoms with Crippen LogP contribution in [0.3, 0.4) is 0 Å². The fraction of sp³-hybridized carbons (Fsp3) is 0.423. The van der Waals surface area contributed by atoms with Crippen LogP contribution in [0.15, 0.2) is 35.1 Å². The molecular formula is C26H28F3N5O2. The molecule has 0 bridgehead atoms. The number of alkyl halides is 2. The van der Waals surface area contributed by atoms with Gasteiger partial charge in [0.2, 0.25) is 0 Å². The number of benzene rings is 1. The average Bonchev–Trinajstić information content (AvgIpc) is 2.80. The standard InChI is InChI=1S/C26H28F3N5O2/c1-14(18-5-4-6-19(22(18)27)23(28)29)30-24-21-11-20(16-7-9-33(3)10-8-16)26(35)34(17-12-36-13-17)25(21)32-15(2)31-24/h4-7,11,14,17,23H,8-10,12-13H2,1-3H3,(H,30,31,32)/t14-/m1/s1. The number of nitrogens with one attached hydrogen (secondary N) is 1. The van der Waals surface area contributed by atoms with Crippen molar-refractivity contribution in [1.82, 2.24) is 19.4 Å². The monoisotopic (exact) mass is 499 g/mol. The van der Waals surface area contributed by atoms with Gasteiger partial charge in [-0.1, -0.05) is 24.3 Å². The minimum Gasteiger partial charge on any atom is -0.377 e. The molecule has 0 saturated carbocycles. The molecule has 2 aliphatic rings. The first-order valence-corrected chi connectivity index (χ1v) is 12.0. The first kappa shape index (κ1) is 24.5. The van der Waals surface area contributed by atoms with Gasteiger partial charge in [0.05, 0.1) is 36.2 Å². The summed E-state index contributed by atoms with van der Waals surface area (Å²) in [6.45, 7) is 5.80. The van der Waals surface area contributed by atoms with E-state index in [1.165, 1.54) is 12.1 Å². The SMILES string of the molecule is Cc1nc(N[C@H](C)c2cccc(C(F)F)c2F)c2cc(C3=CCN(C)CC3)c(=O)n(C3COC3)c2n1. The second-order valence-corrected chi connectivity index (χ2v) is 9.44. The van der Waals surface area contributed by atoms with Crippen LogP contribution >= 0.6 is 0 Å². The highest BCUT2D eigenvalue weighted by Gasteiger charge is 2.28. The van der Waals surface area contributed by atoms with E-state index < -0.39 is 23.8 Å². The Morgan fingerprint density at radius 1 is 1.19 bits per heavy atom. The quantitative estimate of drug-likeness (QED) is 0.533. The number of anilines is 1. The molecule has 36 heavy (non-hydrogen) atoms. The molecule has 0 aliphatic carbocycles. The molecule has 2 aromatic heterocycles. The van der Waals surface area contributed by atoms with Crippen LogP contribution in [0.1, 0.15) is 54.4 Å². The lowest BCUT2D eigenvalue weighted by Crippen LogP contribution is -2.39. The van der Waals surface area contributed by atoms with Crippen molar-refractivity contribution in [2.24, 2.45) is 0 Å². The third-order valence-corrected chi connectivity index (χ3v) is 6.86. The molecule has 190 valence electrons. The van der Waals surface area contributed by atoms with Crippen molar-refractivity contribution >= 4 is 22.4 Å². The molecule has 1 N–H and O–H groups in total. The Morgan fingerprint density at radius 2 is 1.94 bits per heavy atom. The molecule has 5 rings (SSSR count). The summed E-state index contributed by atoms with van der Waals surface area (Å²) >= 11 is 0. The molecule has 0 amide bonds. The first-order chi connectivity index (χ1) is 17.2. The normalized spacial score (nSPS) is 17.8. The summed E-state index contributed by atoms with van der Waals surface area (Å²) < 4.78 is 48.5. The summed E-state index contributed by atoms with van der Waals surface area (Å²) in [7, 11) is 2.03. The van der Waals surface area contributed by atoms with E-state index >= 15 is 0 Å². The second-order valence-electron chi connectivity index (χ2n) is 9.44. The molecule has 1 aromatic carbocycles. The van der Waals surface area contributed by atoms with Crippen molar-refractivity contribution in [3.63, 3.8) is 0 Å². The van der Waals surface area contributed by atoms with E-state index in [4.69, 9.17) is 4.74 Å². The maximum absolute atomic E-state index is 14.9. The predicted molar refractivity (Wildman–Crippen MR) is 132 cm³/mol. The first-order valence-electron chi connectivity index (χ1n) is 12.0. The van der Waals surface area contributed by atoms with Crippen molar-refractivity contribution in [1.29, 1.82) is 0 Å². The average molecular weight is 500 g/mol. The minimum atomic E-state index is -2.91. The third-order valence-electron chi connectivity index (χ3n) is 6.86. The maximum Gasteiger partial charge on any atom is 0.266 e. The van der Waals surface area contributed by atoms with Gasteiger partial charge in [-0.2, -0.15) is 0 Å². The van der Waals surface area contributed by atoms with Crippen LogP contribution in [0.5, 0.6) is 0 Å². The van der Waals surface area contributed by atoms with Gasteiger partial charge in [0.15, 0.2) is 0 Å². The molecule has 1 atom stereocenters. The number of rotatable bonds is 6. The number of pyridine rings is 1. The van der Waals surface area contributed by atoms with Crippen molar-refractivity contribution in [2.75, 3.05) is 38.7 Å². The van der Waals surface area contributed by atoms with Gasteiger partial charge in [-0.3, -0.25) is 9.36 Å². The molecule has 7 nitrogen and oxygen atoms in total.